The maximum absolute atomic E-state index is 13.4. The second-order valence-electron chi connectivity index (χ2n) is 4.24. The summed E-state index contributed by atoms with van der Waals surface area (Å²) in [6.07, 6.45) is -5.93. The van der Waals surface area contributed by atoms with Crippen LogP contribution in [-0.2, 0) is 14.3 Å². The number of alkyl halides is 3. The number of carbonyl (C=O) groups is 2. The van der Waals surface area contributed by atoms with E-state index >= 15 is 0 Å². The summed E-state index contributed by atoms with van der Waals surface area (Å²) in [4.78, 5) is 22.9. The molecule has 0 heterocycles. The number of esters is 1. The van der Waals surface area contributed by atoms with Crippen LogP contribution < -0.4 is 5.32 Å². The maximum Gasteiger partial charge on any atom is 0.411 e. The van der Waals surface area contributed by atoms with E-state index in [2.05, 4.69) is 14.8 Å². The summed E-state index contributed by atoms with van der Waals surface area (Å²) in [5.41, 5.74) is -0.390. The minimum atomic E-state index is -4.55. The van der Waals surface area contributed by atoms with Crippen molar-refractivity contribution < 1.29 is 36.6 Å². The minimum Gasteiger partial charge on any atom is -0.465 e. The molecule has 0 bridgehead atoms. The number of nitrogens with one attached hydrogen (secondary N) is 1. The predicted octanol–water partition coefficient (Wildman–Crippen LogP) is 2.52. The van der Waals surface area contributed by atoms with Gasteiger partial charge >= 0.3 is 12.1 Å². The smallest absolute Gasteiger partial charge is 0.411 e. The van der Waals surface area contributed by atoms with E-state index in [4.69, 9.17) is 0 Å². The molecule has 0 aliphatic heterocycles. The van der Waals surface area contributed by atoms with Gasteiger partial charge in [-0.05, 0) is 25.1 Å². The van der Waals surface area contributed by atoms with Gasteiger partial charge in [0.15, 0.2) is 0 Å². The van der Waals surface area contributed by atoms with Crippen molar-refractivity contribution in [1.82, 2.24) is 0 Å². The SMILES string of the molecule is COC(=O)c1cc(NC(=O)[C@H](C)OCC(F)(F)F)ccc1F. The quantitative estimate of drug-likeness (QED) is 0.668. The third-order valence-electron chi connectivity index (χ3n) is 2.51. The van der Waals surface area contributed by atoms with Gasteiger partial charge in [0.25, 0.3) is 5.91 Å². The van der Waals surface area contributed by atoms with Crippen molar-refractivity contribution in [1.29, 1.82) is 0 Å². The molecule has 5 nitrogen and oxygen atoms in total. The number of halogens is 4. The Balaban J connectivity index is 2.74. The van der Waals surface area contributed by atoms with Crippen molar-refractivity contribution in [2.24, 2.45) is 0 Å². The lowest BCUT2D eigenvalue weighted by Gasteiger charge is -2.15. The summed E-state index contributed by atoms with van der Waals surface area (Å²) >= 11 is 0. The molecule has 122 valence electrons. The molecule has 0 radical (unpaired) electrons. The normalized spacial score (nSPS) is 12.6. The fraction of sp³-hybridized carbons (Fsp3) is 0.385. The summed E-state index contributed by atoms with van der Waals surface area (Å²) in [6.45, 7) is -0.440. The van der Waals surface area contributed by atoms with Crippen LogP contribution in [0.25, 0.3) is 0 Å². The Bertz CT molecular complexity index is 559. The lowest BCUT2D eigenvalue weighted by Crippen LogP contribution is -2.31. The van der Waals surface area contributed by atoms with Gasteiger partial charge < -0.3 is 14.8 Å². The van der Waals surface area contributed by atoms with Crippen LogP contribution in [0, 0.1) is 5.82 Å². The minimum absolute atomic E-state index is 0.0225. The largest absolute Gasteiger partial charge is 0.465 e. The van der Waals surface area contributed by atoms with Crippen molar-refractivity contribution in [2.75, 3.05) is 19.0 Å². The summed E-state index contributed by atoms with van der Waals surface area (Å²) < 4.78 is 58.1. The number of benzene rings is 1. The first-order valence-corrected chi connectivity index (χ1v) is 6.01. The Morgan fingerprint density at radius 2 is 1.95 bits per heavy atom. The molecule has 1 atom stereocenters. The van der Waals surface area contributed by atoms with E-state index in [0.717, 1.165) is 32.2 Å². The highest BCUT2D eigenvalue weighted by molar-refractivity contribution is 5.96. The monoisotopic (exact) mass is 323 g/mol. The first kappa shape index (κ1) is 17.9. The molecule has 22 heavy (non-hydrogen) atoms. The molecule has 0 aromatic heterocycles. The topological polar surface area (TPSA) is 64.6 Å². The molecule has 1 rings (SSSR count). The van der Waals surface area contributed by atoms with Gasteiger partial charge in [-0.2, -0.15) is 13.2 Å². The number of amides is 1. The number of hydrogen-bond donors (Lipinski definition) is 1. The molecule has 0 aliphatic carbocycles. The summed E-state index contributed by atoms with van der Waals surface area (Å²) in [6, 6.07) is 3.08. The average Bonchev–Trinajstić information content (AvgIpc) is 2.45. The Morgan fingerprint density at radius 1 is 1.32 bits per heavy atom. The van der Waals surface area contributed by atoms with E-state index < -0.39 is 42.1 Å². The molecule has 1 amide bonds. The number of carbonyl (C=O) groups excluding carboxylic acids is 2. The van der Waals surface area contributed by atoms with Crippen molar-refractivity contribution in [2.45, 2.75) is 19.2 Å². The molecular formula is C13H13F4NO4. The second-order valence-corrected chi connectivity index (χ2v) is 4.24. The Morgan fingerprint density at radius 3 is 2.50 bits per heavy atom. The predicted molar refractivity (Wildman–Crippen MR) is 67.8 cm³/mol. The average molecular weight is 323 g/mol. The van der Waals surface area contributed by atoms with E-state index in [1.54, 1.807) is 0 Å². The van der Waals surface area contributed by atoms with Gasteiger partial charge in [0.2, 0.25) is 0 Å². The van der Waals surface area contributed by atoms with Gasteiger partial charge in [-0.1, -0.05) is 0 Å². The van der Waals surface area contributed by atoms with Crippen LogP contribution in [0.5, 0.6) is 0 Å². The third-order valence-corrected chi connectivity index (χ3v) is 2.51. The molecular weight excluding hydrogens is 310 g/mol. The molecule has 1 aromatic rings. The van der Waals surface area contributed by atoms with Crippen molar-refractivity contribution in [3.63, 3.8) is 0 Å². The zero-order valence-corrected chi connectivity index (χ0v) is 11.7. The molecule has 1 N–H and O–H groups in total. The number of hydrogen-bond acceptors (Lipinski definition) is 4. The highest BCUT2D eigenvalue weighted by Crippen LogP contribution is 2.18. The molecule has 0 saturated carbocycles. The fourth-order valence-electron chi connectivity index (χ4n) is 1.41. The first-order chi connectivity index (χ1) is 10.1. The van der Waals surface area contributed by atoms with E-state index in [1.165, 1.54) is 0 Å². The van der Waals surface area contributed by atoms with Crippen LogP contribution in [0.3, 0.4) is 0 Å². The van der Waals surface area contributed by atoms with E-state index in [1.807, 2.05) is 0 Å². The lowest BCUT2D eigenvalue weighted by molar-refractivity contribution is -0.184. The number of ether oxygens (including phenoxy) is 2. The van der Waals surface area contributed by atoms with Gasteiger partial charge in [-0.15, -0.1) is 0 Å². The summed E-state index contributed by atoms with van der Waals surface area (Å²) in [7, 11) is 1.06. The summed E-state index contributed by atoms with van der Waals surface area (Å²) in [5.74, 6) is -2.67. The molecule has 0 fully saturated rings. The van der Waals surface area contributed by atoms with E-state index in [0.29, 0.717) is 0 Å². The van der Waals surface area contributed by atoms with Gasteiger partial charge in [-0.3, -0.25) is 4.79 Å². The molecule has 1 aromatic carbocycles. The highest BCUT2D eigenvalue weighted by atomic mass is 19.4. The second kappa shape index (κ2) is 7.21. The van der Waals surface area contributed by atoms with E-state index in [-0.39, 0.29) is 5.69 Å². The Kier molecular flexibility index (Phi) is 5.86. The van der Waals surface area contributed by atoms with Crippen molar-refractivity contribution in [3.05, 3.63) is 29.6 Å². The zero-order valence-electron chi connectivity index (χ0n) is 11.7. The van der Waals surface area contributed by atoms with Crippen LogP contribution in [0.1, 0.15) is 17.3 Å². The van der Waals surface area contributed by atoms with Gasteiger partial charge in [0, 0.05) is 5.69 Å². The lowest BCUT2D eigenvalue weighted by atomic mass is 10.2. The number of anilines is 1. The fourth-order valence-corrected chi connectivity index (χ4v) is 1.41. The van der Waals surface area contributed by atoms with Crippen LogP contribution in [0.4, 0.5) is 23.2 Å². The van der Waals surface area contributed by atoms with E-state index in [9.17, 15) is 27.2 Å². The van der Waals surface area contributed by atoms with Crippen molar-refractivity contribution in [3.8, 4) is 0 Å². The molecule has 9 heteroatoms. The van der Waals surface area contributed by atoms with Crippen LogP contribution >= 0.6 is 0 Å². The third kappa shape index (κ3) is 5.32. The number of methoxy groups -OCH3 is 1. The molecule has 0 spiro atoms. The molecule has 0 saturated heterocycles. The van der Waals surface area contributed by atoms with Crippen LogP contribution in [-0.4, -0.2) is 37.9 Å². The van der Waals surface area contributed by atoms with Crippen LogP contribution in [0.2, 0.25) is 0 Å². The molecule has 0 aliphatic rings. The Labute approximate surface area is 123 Å². The Hall–Kier alpha value is -2.16. The maximum atomic E-state index is 13.4. The summed E-state index contributed by atoms with van der Waals surface area (Å²) in [5, 5.41) is 2.22. The van der Waals surface area contributed by atoms with Gasteiger partial charge in [-0.25, -0.2) is 9.18 Å². The van der Waals surface area contributed by atoms with Crippen molar-refractivity contribution >= 4 is 17.6 Å². The molecule has 0 unspecified atom stereocenters. The standard InChI is InChI=1S/C13H13F4NO4/c1-7(22-6-13(15,16)17)11(19)18-8-3-4-10(14)9(5-8)12(20)21-2/h3-5,7H,6H2,1-2H3,(H,18,19)/t7-/m0/s1. The first-order valence-electron chi connectivity index (χ1n) is 6.01. The zero-order chi connectivity index (χ0) is 16.9. The van der Waals surface area contributed by atoms with Gasteiger partial charge in [0.05, 0.1) is 12.7 Å². The van der Waals surface area contributed by atoms with Gasteiger partial charge in [0.1, 0.15) is 18.5 Å². The highest BCUT2D eigenvalue weighted by Gasteiger charge is 2.30. The van der Waals surface area contributed by atoms with Crippen LogP contribution in [0.15, 0.2) is 18.2 Å². The number of rotatable bonds is 5.